The Kier molecular flexibility index (Phi) is 5.54. The average Bonchev–Trinajstić information content (AvgIpc) is 2.49. The summed E-state index contributed by atoms with van der Waals surface area (Å²) in [7, 11) is -2.00. The molecule has 0 aromatic heterocycles. The predicted molar refractivity (Wildman–Crippen MR) is 84.8 cm³/mol. The summed E-state index contributed by atoms with van der Waals surface area (Å²) < 4.78 is 28.9. The van der Waals surface area contributed by atoms with E-state index in [2.05, 4.69) is 10.1 Å². The molecular weight excluding hydrogens is 318 g/mol. The molecule has 124 valence electrons. The second-order valence-electron chi connectivity index (χ2n) is 5.26. The van der Waals surface area contributed by atoms with E-state index < -0.39 is 15.8 Å². The van der Waals surface area contributed by atoms with Gasteiger partial charge in [0.25, 0.3) is 5.91 Å². The molecule has 0 atom stereocenters. The summed E-state index contributed by atoms with van der Waals surface area (Å²) in [5.41, 5.74) is 0.365. The van der Waals surface area contributed by atoms with Gasteiger partial charge in [-0.3, -0.25) is 4.79 Å². The number of ether oxygens (including phenoxy) is 1. The Morgan fingerprint density at radius 3 is 2.43 bits per heavy atom. The Labute approximate surface area is 135 Å². The lowest BCUT2D eigenvalue weighted by atomic mass is 10.00. The topological polar surface area (TPSA) is 89.5 Å². The first-order valence-corrected chi connectivity index (χ1v) is 8.86. The zero-order valence-corrected chi connectivity index (χ0v) is 13.6. The van der Waals surface area contributed by atoms with E-state index in [1.54, 1.807) is 0 Å². The largest absolute Gasteiger partial charge is 0.466 e. The monoisotopic (exact) mass is 337 g/mol. The summed E-state index contributed by atoms with van der Waals surface area (Å²) in [6, 6.07) is 5.91. The molecule has 0 saturated heterocycles. The summed E-state index contributed by atoms with van der Waals surface area (Å²) in [6.45, 7) is 0.177. The van der Waals surface area contributed by atoms with Crippen LogP contribution in [0.4, 0.5) is 0 Å². The second kappa shape index (κ2) is 7.41. The van der Waals surface area contributed by atoms with Crippen molar-refractivity contribution in [2.75, 3.05) is 13.7 Å². The number of carbonyl (C=O) groups excluding carboxylic acids is 2. The molecule has 0 unspecified atom stereocenters. The standard InChI is InChI=1S/C16H19NO5S/c1-22-15(18)6-3-11-17-16(19)12-7-9-14(10-8-12)23(20,21)13-4-2-5-13/h3,6-10,13H,2,4-5,11H2,1H3,(H,17,19)/b6-3+. The van der Waals surface area contributed by atoms with Crippen LogP contribution in [0.2, 0.25) is 0 Å². The molecule has 1 saturated carbocycles. The minimum atomic E-state index is -3.27. The van der Waals surface area contributed by atoms with Crippen molar-refractivity contribution in [2.45, 2.75) is 29.4 Å². The number of sulfone groups is 1. The molecule has 0 heterocycles. The number of nitrogens with one attached hydrogen (secondary N) is 1. The quantitative estimate of drug-likeness (QED) is 0.627. The molecule has 1 aliphatic carbocycles. The summed E-state index contributed by atoms with van der Waals surface area (Å²) >= 11 is 0. The summed E-state index contributed by atoms with van der Waals surface area (Å²) in [5.74, 6) is -0.836. The van der Waals surface area contributed by atoms with Gasteiger partial charge in [-0.25, -0.2) is 13.2 Å². The third-order valence-electron chi connectivity index (χ3n) is 3.77. The van der Waals surface area contributed by atoms with E-state index in [1.165, 1.54) is 43.5 Å². The Morgan fingerprint density at radius 2 is 1.91 bits per heavy atom. The first kappa shape index (κ1) is 17.2. The van der Waals surface area contributed by atoms with Crippen molar-refractivity contribution in [3.8, 4) is 0 Å². The van der Waals surface area contributed by atoms with Crippen molar-refractivity contribution < 1.29 is 22.7 Å². The number of benzene rings is 1. The molecule has 6 nitrogen and oxygen atoms in total. The van der Waals surface area contributed by atoms with Crippen molar-refractivity contribution in [3.63, 3.8) is 0 Å². The third kappa shape index (κ3) is 4.19. The second-order valence-corrected chi connectivity index (χ2v) is 7.49. The lowest BCUT2D eigenvalue weighted by Gasteiger charge is -2.25. The molecule has 7 heteroatoms. The highest BCUT2D eigenvalue weighted by Crippen LogP contribution is 2.31. The van der Waals surface area contributed by atoms with E-state index in [0.29, 0.717) is 18.4 Å². The van der Waals surface area contributed by atoms with Crippen LogP contribution in [-0.4, -0.2) is 39.2 Å². The Balaban J connectivity index is 1.95. The zero-order valence-electron chi connectivity index (χ0n) is 12.8. The maximum absolute atomic E-state index is 12.2. The fourth-order valence-corrected chi connectivity index (χ4v) is 4.00. The van der Waals surface area contributed by atoms with Crippen LogP contribution >= 0.6 is 0 Å². The van der Waals surface area contributed by atoms with Gasteiger partial charge in [-0.15, -0.1) is 0 Å². The minimum absolute atomic E-state index is 0.177. The van der Waals surface area contributed by atoms with E-state index in [0.717, 1.165) is 6.42 Å². The first-order valence-electron chi connectivity index (χ1n) is 7.32. The SMILES string of the molecule is COC(=O)/C=C/CNC(=O)c1ccc(S(=O)(=O)C2CCC2)cc1. The number of esters is 1. The van der Waals surface area contributed by atoms with Crippen LogP contribution in [0.15, 0.2) is 41.3 Å². The van der Waals surface area contributed by atoms with Crippen LogP contribution in [0.3, 0.4) is 0 Å². The number of hydrogen-bond donors (Lipinski definition) is 1. The van der Waals surface area contributed by atoms with Gasteiger partial charge in [0.1, 0.15) is 0 Å². The van der Waals surface area contributed by atoms with Gasteiger partial charge in [-0.2, -0.15) is 0 Å². The average molecular weight is 337 g/mol. The molecule has 0 aliphatic heterocycles. The Morgan fingerprint density at radius 1 is 1.26 bits per heavy atom. The van der Waals surface area contributed by atoms with Gasteiger partial charge in [-0.1, -0.05) is 12.5 Å². The van der Waals surface area contributed by atoms with Gasteiger partial charge in [0.2, 0.25) is 0 Å². The van der Waals surface area contributed by atoms with Gasteiger partial charge in [0, 0.05) is 18.2 Å². The number of carbonyl (C=O) groups is 2. The Bertz CT molecular complexity index is 702. The molecule has 23 heavy (non-hydrogen) atoms. The number of amides is 1. The molecule has 0 bridgehead atoms. The normalized spacial score (nSPS) is 15.2. The summed E-state index contributed by atoms with van der Waals surface area (Å²) in [6.07, 6.45) is 5.05. The molecule has 1 fully saturated rings. The number of rotatable bonds is 6. The molecule has 0 spiro atoms. The van der Waals surface area contributed by atoms with Crippen LogP contribution in [0, 0.1) is 0 Å². The maximum Gasteiger partial charge on any atom is 0.330 e. The van der Waals surface area contributed by atoms with Crippen molar-refractivity contribution in [2.24, 2.45) is 0 Å². The lowest BCUT2D eigenvalue weighted by molar-refractivity contribution is -0.134. The van der Waals surface area contributed by atoms with Gasteiger partial charge in [0.15, 0.2) is 9.84 Å². The van der Waals surface area contributed by atoms with Crippen LogP contribution in [0.5, 0.6) is 0 Å². The molecular formula is C16H19NO5S. The minimum Gasteiger partial charge on any atom is -0.466 e. The molecule has 1 amide bonds. The van der Waals surface area contributed by atoms with Gasteiger partial charge in [0.05, 0.1) is 17.3 Å². The highest BCUT2D eigenvalue weighted by molar-refractivity contribution is 7.92. The fourth-order valence-electron chi connectivity index (χ4n) is 2.15. The summed E-state index contributed by atoms with van der Waals surface area (Å²) in [4.78, 5) is 23.0. The predicted octanol–water partition coefficient (Wildman–Crippen LogP) is 1.47. The van der Waals surface area contributed by atoms with E-state index in [-0.39, 0.29) is 22.6 Å². The van der Waals surface area contributed by atoms with Crippen molar-refractivity contribution in [1.82, 2.24) is 5.32 Å². The van der Waals surface area contributed by atoms with E-state index in [9.17, 15) is 18.0 Å². The molecule has 2 rings (SSSR count). The van der Waals surface area contributed by atoms with Crippen molar-refractivity contribution >= 4 is 21.7 Å². The smallest absolute Gasteiger partial charge is 0.330 e. The first-order chi connectivity index (χ1) is 10.9. The third-order valence-corrected chi connectivity index (χ3v) is 6.05. The highest BCUT2D eigenvalue weighted by Gasteiger charge is 2.32. The zero-order chi connectivity index (χ0) is 16.9. The highest BCUT2D eigenvalue weighted by atomic mass is 32.2. The molecule has 1 N–H and O–H groups in total. The molecule has 1 aromatic rings. The van der Waals surface area contributed by atoms with Gasteiger partial charge < -0.3 is 10.1 Å². The van der Waals surface area contributed by atoms with Crippen molar-refractivity contribution in [3.05, 3.63) is 42.0 Å². The summed E-state index contributed by atoms with van der Waals surface area (Å²) in [5, 5.41) is 2.31. The van der Waals surface area contributed by atoms with E-state index in [1.807, 2.05) is 0 Å². The van der Waals surface area contributed by atoms with Crippen molar-refractivity contribution in [1.29, 1.82) is 0 Å². The molecule has 1 aromatic carbocycles. The Hall–Kier alpha value is -2.15. The van der Waals surface area contributed by atoms with E-state index in [4.69, 9.17) is 0 Å². The number of hydrogen-bond acceptors (Lipinski definition) is 5. The van der Waals surface area contributed by atoms with Crippen LogP contribution < -0.4 is 5.32 Å². The number of methoxy groups -OCH3 is 1. The molecule has 1 aliphatic rings. The van der Waals surface area contributed by atoms with Crippen LogP contribution in [0.1, 0.15) is 29.6 Å². The van der Waals surface area contributed by atoms with E-state index >= 15 is 0 Å². The van der Waals surface area contributed by atoms with Gasteiger partial charge in [-0.05, 0) is 37.1 Å². The molecule has 0 radical (unpaired) electrons. The maximum atomic E-state index is 12.2. The lowest BCUT2D eigenvalue weighted by Crippen LogP contribution is -2.28. The van der Waals surface area contributed by atoms with Crippen LogP contribution in [0.25, 0.3) is 0 Å². The fraction of sp³-hybridized carbons (Fsp3) is 0.375. The van der Waals surface area contributed by atoms with Crippen LogP contribution in [-0.2, 0) is 19.4 Å². The van der Waals surface area contributed by atoms with Gasteiger partial charge >= 0.3 is 5.97 Å².